The van der Waals surface area contributed by atoms with Gasteiger partial charge >= 0.3 is 0 Å². The first-order chi connectivity index (χ1) is 7.34. The topological polar surface area (TPSA) is 43.1 Å². The molecule has 0 aromatic carbocycles. The van der Waals surface area contributed by atoms with E-state index in [2.05, 4.69) is 27.7 Å². The molecule has 0 saturated heterocycles. The fraction of sp³-hybridized carbons (Fsp3) is 0.615. The molecule has 0 aliphatic carbocycles. The molecule has 1 aromatic heterocycles. The van der Waals surface area contributed by atoms with Crippen LogP contribution in [0.3, 0.4) is 0 Å². The molecule has 0 atom stereocenters. The molecule has 90 valence electrons. The van der Waals surface area contributed by atoms with Crippen LogP contribution in [-0.4, -0.2) is 5.78 Å². The molecule has 0 unspecified atom stereocenters. The van der Waals surface area contributed by atoms with E-state index in [1.54, 1.807) is 18.3 Å². The first-order valence-electron chi connectivity index (χ1n) is 5.76. The van der Waals surface area contributed by atoms with Crippen molar-refractivity contribution in [2.45, 2.75) is 47.0 Å². The summed E-state index contributed by atoms with van der Waals surface area (Å²) in [5.41, 5.74) is 7.90. The van der Waals surface area contributed by atoms with Crippen molar-refractivity contribution in [1.29, 1.82) is 0 Å². The highest BCUT2D eigenvalue weighted by Crippen LogP contribution is 2.37. The molecule has 0 amide bonds. The molecule has 0 bridgehead atoms. The van der Waals surface area contributed by atoms with E-state index in [4.69, 9.17) is 5.73 Å². The third-order valence-electron chi connectivity index (χ3n) is 2.55. The fourth-order valence-electron chi connectivity index (χ4n) is 1.97. The number of thiophene rings is 1. The van der Waals surface area contributed by atoms with Gasteiger partial charge in [0, 0.05) is 4.88 Å². The van der Waals surface area contributed by atoms with Crippen molar-refractivity contribution >= 4 is 22.1 Å². The molecule has 1 aromatic rings. The smallest absolute Gasteiger partial charge is 0.163 e. The minimum absolute atomic E-state index is 0.0938. The molecule has 16 heavy (non-hydrogen) atoms. The summed E-state index contributed by atoms with van der Waals surface area (Å²) in [7, 11) is 0. The largest absolute Gasteiger partial charge is 0.390 e. The number of nitrogen functional groups attached to an aromatic ring is 1. The maximum atomic E-state index is 11.6. The van der Waals surface area contributed by atoms with Gasteiger partial charge in [0.25, 0.3) is 0 Å². The maximum absolute atomic E-state index is 11.6. The quantitative estimate of drug-likeness (QED) is 0.811. The SMILES string of the molecule is CC(=O)c1c(N)sc(C(C)C)c1CC(C)C. The van der Waals surface area contributed by atoms with E-state index in [1.807, 2.05) is 0 Å². The van der Waals surface area contributed by atoms with E-state index in [1.165, 1.54) is 10.4 Å². The summed E-state index contributed by atoms with van der Waals surface area (Å²) in [4.78, 5) is 12.9. The first kappa shape index (κ1) is 13.2. The van der Waals surface area contributed by atoms with Crippen LogP contribution in [0.4, 0.5) is 5.00 Å². The van der Waals surface area contributed by atoms with Crippen LogP contribution < -0.4 is 5.73 Å². The number of hydrogen-bond acceptors (Lipinski definition) is 3. The third kappa shape index (κ3) is 2.64. The van der Waals surface area contributed by atoms with Crippen LogP contribution in [0.15, 0.2) is 0 Å². The number of carbonyl (C=O) groups excluding carboxylic acids is 1. The highest BCUT2D eigenvalue weighted by atomic mass is 32.1. The van der Waals surface area contributed by atoms with Crippen LogP contribution in [0.2, 0.25) is 0 Å². The van der Waals surface area contributed by atoms with Crippen LogP contribution >= 0.6 is 11.3 Å². The lowest BCUT2D eigenvalue weighted by Gasteiger charge is -2.10. The van der Waals surface area contributed by atoms with Crippen molar-refractivity contribution in [1.82, 2.24) is 0 Å². The van der Waals surface area contributed by atoms with Crippen molar-refractivity contribution in [2.75, 3.05) is 5.73 Å². The molecule has 0 aliphatic rings. The summed E-state index contributed by atoms with van der Waals surface area (Å²) in [6, 6.07) is 0. The lowest BCUT2D eigenvalue weighted by molar-refractivity contribution is 0.101. The van der Waals surface area contributed by atoms with Gasteiger partial charge in [0.1, 0.15) is 0 Å². The van der Waals surface area contributed by atoms with E-state index < -0.39 is 0 Å². The van der Waals surface area contributed by atoms with Crippen LogP contribution in [-0.2, 0) is 6.42 Å². The zero-order valence-electron chi connectivity index (χ0n) is 10.8. The minimum atomic E-state index is 0.0938. The fourth-order valence-corrected chi connectivity index (χ4v) is 3.12. The van der Waals surface area contributed by atoms with E-state index in [-0.39, 0.29) is 5.78 Å². The molecule has 0 spiro atoms. The predicted molar refractivity (Wildman–Crippen MR) is 71.4 cm³/mol. The molecule has 1 rings (SSSR count). The molecular formula is C13H21NOS. The Morgan fingerprint density at radius 2 is 1.88 bits per heavy atom. The van der Waals surface area contributed by atoms with Gasteiger partial charge in [-0.05, 0) is 30.7 Å². The highest BCUT2D eigenvalue weighted by Gasteiger charge is 2.21. The molecule has 2 nitrogen and oxygen atoms in total. The van der Waals surface area contributed by atoms with Gasteiger partial charge in [-0.1, -0.05) is 27.7 Å². The average Bonchev–Trinajstić information content (AvgIpc) is 2.41. The molecule has 1 heterocycles. The van der Waals surface area contributed by atoms with Gasteiger partial charge < -0.3 is 5.73 Å². The van der Waals surface area contributed by atoms with Crippen LogP contribution in [0.5, 0.6) is 0 Å². The third-order valence-corrected chi connectivity index (χ3v) is 3.92. The second kappa shape index (κ2) is 5.00. The monoisotopic (exact) mass is 239 g/mol. The Labute approximate surface area is 102 Å². The summed E-state index contributed by atoms with van der Waals surface area (Å²) in [6.45, 7) is 10.2. The Hall–Kier alpha value is -0.830. The van der Waals surface area contributed by atoms with Crippen molar-refractivity contribution in [3.8, 4) is 0 Å². The molecule has 0 saturated carbocycles. The van der Waals surface area contributed by atoms with Crippen molar-refractivity contribution in [3.63, 3.8) is 0 Å². The van der Waals surface area contributed by atoms with Crippen molar-refractivity contribution < 1.29 is 4.79 Å². The highest BCUT2D eigenvalue weighted by molar-refractivity contribution is 7.16. The summed E-state index contributed by atoms with van der Waals surface area (Å²) >= 11 is 1.58. The van der Waals surface area contributed by atoms with Gasteiger partial charge in [0.15, 0.2) is 5.78 Å². The second-order valence-electron chi connectivity index (χ2n) is 4.99. The lowest BCUT2D eigenvalue weighted by atomic mass is 9.94. The van der Waals surface area contributed by atoms with E-state index in [9.17, 15) is 4.79 Å². The number of rotatable bonds is 4. The summed E-state index contributed by atoms with van der Waals surface area (Å²) in [5, 5.41) is 0.687. The molecule has 3 heteroatoms. The molecule has 2 N–H and O–H groups in total. The van der Waals surface area contributed by atoms with Gasteiger partial charge in [-0.3, -0.25) is 4.79 Å². The Bertz CT molecular complexity index is 391. The standard InChI is InChI=1S/C13H21NOS/c1-7(2)6-10-11(9(5)15)13(14)16-12(10)8(3)4/h7-8H,6,14H2,1-5H3. The van der Waals surface area contributed by atoms with Gasteiger partial charge in [-0.25, -0.2) is 0 Å². The van der Waals surface area contributed by atoms with Crippen LogP contribution in [0.25, 0.3) is 0 Å². The number of hydrogen-bond donors (Lipinski definition) is 1. The van der Waals surface area contributed by atoms with Crippen molar-refractivity contribution in [2.24, 2.45) is 5.92 Å². The Morgan fingerprint density at radius 3 is 2.25 bits per heavy atom. The summed E-state index contributed by atoms with van der Waals surface area (Å²) in [6.07, 6.45) is 0.941. The molecule has 0 radical (unpaired) electrons. The zero-order valence-corrected chi connectivity index (χ0v) is 11.6. The van der Waals surface area contributed by atoms with Crippen molar-refractivity contribution in [3.05, 3.63) is 16.0 Å². The van der Waals surface area contributed by atoms with Gasteiger partial charge in [0.05, 0.1) is 10.6 Å². The molecule has 0 aliphatic heterocycles. The van der Waals surface area contributed by atoms with Crippen LogP contribution in [0.1, 0.15) is 61.3 Å². The summed E-state index contributed by atoms with van der Waals surface area (Å²) < 4.78 is 0. The number of carbonyl (C=O) groups is 1. The van der Waals surface area contributed by atoms with E-state index >= 15 is 0 Å². The number of nitrogens with two attached hydrogens (primary N) is 1. The molecule has 0 fully saturated rings. The second-order valence-corrected chi connectivity index (χ2v) is 6.08. The molecular weight excluding hydrogens is 218 g/mol. The zero-order chi connectivity index (χ0) is 12.5. The van der Waals surface area contributed by atoms with Gasteiger partial charge in [-0.2, -0.15) is 0 Å². The average molecular weight is 239 g/mol. The number of Topliss-reactive ketones (excluding diaryl/α,β-unsaturated/α-hetero) is 1. The lowest BCUT2D eigenvalue weighted by Crippen LogP contribution is -2.05. The predicted octanol–water partition coefficient (Wildman–Crippen LogP) is 3.85. The number of ketones is 1. The van der Waals surface area contributed by atoms with E-state index in [0.717, 1.165) is 12.0 Å². The van der Waals surface area contributed by atoms with Gasteiger partial charge in [-0.15, -0.1) is 11.3 Å². The summed E-state index contributed by atoms with van der Waals surface area (Å²) in [5.74, 6) is 1.08. The number of anilines is 1. The van der Waals surface area contributed by atoms with E-state index in [0.29, 0.717) is 16.8 Å². The van der Waals surface area contributed by atoms with Crippen LogP contribution in [0, 0.1) is 5.92 Å². The maximum Gasteiger partial charge on any atom is 0.163 e. The minimum Gasteiger partial charge on any atom is -0.390 e. The Morgan fingerprint density at radius 1 is 1.31 bits per heavy atom. The Balaban J connectivity index is 3.31. The normalized spacial score (nSPS) is 11.4. The van der Waals surface area contributed by atoms with Gasteiger partial charge in [0.2, 0.25) is 0 Å². The Kier molecular flexibility index (Phi) is 4.14. The first-order valence-corrected chi connectivity index (χ1v) is 6.58.